The normalized spacial score (nSPS) is 16.0. The molecule has 0 unspecified atom stereocenters. The van der Waals surface area contributed by atoms with Crippen molar-refractivity contribution in [1.82, 2.24) is 0 Å². The van der Waals surface area contributed by atoms with Gasteiger partial charge in [0.05, 0.1) is 0 Å². The first-order valence-electron chi connectivity index (χ1n) is 2.63. The van der Waals surface area contributed by atoms with Crippen molar-refractivity contribution in [3.63, 3.8) is 0 Å². The van der Waals surface area contributed by atoms with Crippen LogP contribution < -0.4 is 103 Å². The van der Waals surface area contributed by atoms with E-state index in [1.54, 1.807) is 0 Å². The minimum atomic E-state index is 0. The predicted octanol–water partition coefficient (Wildman–Crippen LogP) is -3.31. The first-order valence-corrected chi connectivity index (χ1v) is 2.63. The summed E-state index contributed by atoms with van der Waals surface area (Å²) >= 11 is 0. The smallest absolute Gasteiger partial charge is 0.693 e. The summed E-state index contributed by atoms with van der Waals surface area (Å²) in [5, 5.41) is 0. The van der Waals surface area contributed by atoms with Crippen molar-refractivity contribution >= 4 is 0 Å². The maximum absolute atomic E-state index is 2.25. The number of hydrogen-bond donors (Lipinski definition) is 0. The fourth-order valence-electron chi connectivity index (χ4n) is 0. The molecule has 2 N–H and O–H groups in total. The summed E-state index contributed by atoms with van der Waals surface area (Å²) in [7, 11) is 0. The zero-order valence-electron chi connectivity index (χ0n) is 6.56. The summed E-state index contributed by atoms with van der Waals surface area (Å²) in [6.07, 6.45) is 10.0. The van der Waals surface area contributed by atoms with Crippen LogP contribution in [-0.4, -0.2) is 0 Å². The van der Waals surface area contributed by atoms with Crippen LogP contribution in [0.3, 0.4) is 0 Å². The van der Waals surface area contributed by atoms with Gasteiger partial charge < -0.3 is 19.0 Å². The summed E-state index contributed by atoms with van der Waals surface area (Å²) < 4.78 is 0. The predicted molar refractivity (Wildman–Crippen MR) is 32.4 cm³/mol. The van der Waals surface area contributed by atoms with E-state index in [1.807, 2.05) is 0 Å². The maximum Gasteiger partial charge on any atom is 1.00 e. The second-order valence-electron chi connectivity index (χ2n) is 1.73. The van der Waals surface area contributed by atoms with Crippen molar-refractivity contribution in [3.05, 3.63) is 19.0 Å². The molecule has 0 atom stereocenters. The van der Waals surface area contributed by atoms with Crippen molar-refractivity contribution < 1.29 is 103 Å². The molecular weight excluding hydrogens is 164 g/mol. The number of rotatable bonds is 0. The van der Waals surface area contributed by atoms with Gasteiger partial charge in [-0.3, -0.25) is 0 Å². The molecule has 2 aliphatic carbocycles. The molecule has 0 aliphatic heterocycles. The van der Waals surface area contributed by atoms with E-state index >= 15 is 0 Å². The van der Waals surface area contributed by atoms with Crippen LogP contribution in [-0.2, 0) is 0 Å². The number of hydrogen-bond acceptors (Lipinski definition) is 0. The second-order valence-corrected chi connectivity index (χ2v) is 1.73. The molecule has 9 heavy (non-hydrogen) atoms. The van der Waals surface area contributed by atoms with Crippen molar-refractivity contribution in [2.45, 2.75) is 25.7 Å². The van der Waals surface area contributed by atoms with Gasteiger partial charge in [0.15, 0.2) is 0 Å². The van der Waals surface area contributed by atoms with Crippen molar-refractivity contribution in [3.8, 4) is 0 Å². The Morgan fingerprint density at radius 2 is 0.778 bits per heavy atom. The van der Waals surface area contributed by atoms with E-state index in [0.29, 0.717) is 0 Å². The molecule has 44 valence electrons. The van der Waals surface area contributed by atoms with E-state index in [-0.39, 0.29) is 109 Å². The van der Waals surface area contributed by atoms with Gasteiger partial charge in [0.2, 0.25) is 0 Å². The minimum absolute atomic E-state index is 0. The van der Waals surface area contributed by atoms with Gasteiger partial charge in [0, 0.05) is 0 Å². The molecular formula is C6H12K2N-. The third-order valence-corrected chi connectivity index (χ3v) is 0.577. The molecule has 3 heteroatoms. The molecule has 0 aromatic carbocycles. The van der Waals surface area contributed by atoms with E-state index in [4.69, 9.17) is 0 Å². The third-order valence-electron chi connectivity index (χ3n) is 0.577. The molecule has 0 amide bonds. The second kappa shape index (κ2) is 13.8. The maximum atomic E-state index is 2.25. The first kappa shape index (κ1) is 18.1. The van der Waals surface area contributed by atoms with Crippen LogP contribution in [0.15, 0.2) is 0 Å². The molecule has 0 aromatic heterocycles. The van der Waals surface area contributed by atoms with E-state index in [1.165, 1.54) is 25.7 Å². The fourth-order valence-corrected chi connectivity index (χ4v) is 0. The van der Waals surface area contributed by atoms with Crippen molar-refractivity contribution in [2.24, 2.45) is 0 Å². The van der Waals surface area contributed by atoms with Crippen LogP contribution >= 0.6 is 0 Å². The number of nitrogens with two attached hydrogens (primary N) is 1. The SMILES string of the molecule is [CH-]1CC1.[CH-]1CC1.[K+].[K+].[NH2-]. The molecule has 2 fully saturated rings. The van der Waals surface area contributed by atoms with Crippen LogP contribution in [0.25, 0.3) is 6.15 Å². The van der Waals surface area contributed by atoms with Crippen LogP contribution in [0.2, 0.25) is 0 Å². The van der Waals surface area contributed by atoms with Gasteiger partial charge in [0.25, 0.3) is 0 Å². The Labute approximate surface area is 144 Å². The summed E-state index contributed by atoms with van der Waals surface area (Å²) in [4.78, 5) is 0. The van der Waals surface area contributed by atoms with E-state index in [2.05, 4.69) is 12.8 Å². The Bertz CT molecular complexity index is 26.5. The first-order chi connectivity index (χ1) is 3.00. The van der Waals surface area contributed by atoms with Crippen LogP contribution in [0.5, 0.6) is 0 Å². The molecule has 0 spiro atoms. The topological polar surface area (TPSA) is 33.5 Å². The van der Waals surface area contributed by atoms with Gasteiger partial charge >= 0.3 is 103 Å². The van der Waals surface area contributed by atoms with Gasteiger partial charge in [-0.25, -0.2) is 25.7 Å². The van der Waals surface area contributed by atoms with Crippen LogP contribution in [0, 0.1) is 12.8 Å². The average Bonchev–Trinajstić information content (AvgIpc) is 2.31. The minimum Gasteiger partial charge on any atom is -0.693 e. The molecule has 1 nitrogen and oxygen atoms in total. The molecule has 0 radical (unpaired) electrons. The van der Waals surface area contributed by atoms with Crippen molar-refractivity contribution in [1.29, 1.82) is 0 Å². The zero-order valence-corrected chi connectivity index (χ0v) is 12.8. The largest absolute Gasteiger partial charge is 1.00 e. The van der Waals surface area contributed by atoms with E-state index < -0.39 is 0 Å². The monoisotopic (exact) mass is 176 g/mol. The van der Waals surface area contributed by atoms with Gasteiger partial charge in [0.1, 0.15) is 0 Å². The van der Waals surface area contributed by atoms with Gasteiger partial charge in [-0.15, -0.1) is 0 Å². The Hall–Kier alpha value is 3.23. The Balaban J connectivity index is -0.0000000600. The Morgan fingerprint density at radius 1 is 0.667 bits per heavy atom. The third kappa shape index (κ3) is 35.0. The standard InChI is InChI=1S/2C3H5.2K.H2N/c2*1-2-3-1;;;/h2*1H,2-3H2;;;1H2/q2*-1;2*+1;-1. The van der Waals surface area contributed by atoms with Gasteiger partial charge in [-0.2, -0.15) is 0 Å². The molecule has 0 bridgehead atoms. The molecule has 0 aromatic rings. The molecule has 2 rings (SSSR count). The molecule has 0 heterocycles. The van der Waals surface area contributed by atoms with Crippen LogP contribution in [0.1, 0.15) is 25.7 Å². The summed E-state index contributed by atoms with van der Waals surface area (Å²) in [6.45, 7) is 0. The molecule has 0 saturated heterocycles. The Morgan fingerprint density at radius 3 is 0.778 bits per heavy atom. The van der Waals surface area contributed by atoms with Crippen molar-refractivity contribution in [2.75, 3.05) is 0 Å². The van der Waals surface area contributed by atoms with Gasteiger partial charge in [-0.1, -0.05) is 0 Å². The van der Waals surface area contributed by atoms with E-state index in [9.17, 15) is 0 Å². The zero-order chi connectivity index (χ0) is 4.24. The molecule has 2 saturated carbocycles. The van der Waals surface area contributed by atoms with Gasteiger partial charge in [-0.05, 0) is 0 Å². The summed E-state index contributed by atoms with van der Waals surface area (Å²) in [5.41, 5.74) is 0. The average molecular weight is 176 g/mol. The quantitative estimate of drug-likeness (QED) is 0.274. The Kier molecular flexibility index (Phi) is 27.8. The fraction of sp³-hybridized carbons (Fsp3) is 0.667. The van der Waals surface area contributed by atoms with E-state index in [0.717, 1.165) is 0 Å². The summed E-state index contributed by atoms with van der Waals surface area (Å²) in [5.74, 6) is 0. The van der Waals surface area contributed by atoms with Crippen LogP contribution in [0.4, 0.5) is 0 Å². The summed E-state index contributed by atoms with van der Waals surface area (Å²) in [6, 6.07) is 0. The molecule has 2 aliphatic rings.